The van der Waals surface area contributed by atoms with Crippen LogP contribution in [0.3, 0.4) is 0 Å². The van der Waals surface area contributed by atoms with Gasteiger partial charge in [-0.05, 0) is 24.0 Å². The summed E-state index contributed by atoms with van der Waals surface area (Å²) >= 11 is 0. The maximum atomic E-state index is 13.9. The number of carbonyl (C=O) groups is 2. The number of rotatable bonds is 4. The Bertz CT molecular complexity index is 529. The van der Waals surface area contributed by atoms with Crippen molar-refractivity contribution in [1.82, 2.24) is 5.32 Å². The predicted molar refractivity (Wildman–Crippen MR) is 74.9 cm³/mol. The smallest absolute Gasteiger partial charge is 0.240 e. The zero-order valence-corrected chi connectivity index (χ0v) is 11.8. The van der Waals surface area contributed by atoms with Gasteiger partial charge in [0.2, 0.25) is 11.8 Å². The van der Waals surface area contributed by atoms with Crippen LogP contribution in [-0.2, 0) is 16.0 Å². The van der Waals surface area contributed by atoms with E-state index >= 15 is 0 Å². The molecule has 1 heterocycles. The van der Waals surface area contributed by atoms with Gasteiger partial charge in [-0.3, -0.25) is 14.5 Å². The summed E-state index contributed by atoms with van der Waals surface area (Å²) in [5.41, 5.74) is 1.03. The van der Waals surface area contributed by atoms with E-state index in [0.29, 0.717) is 25.3 Å². The van der Waals surface area contributed by atoms with E-state index in [1.807, 2.05) is 13.8 Å². The summed E-state index contributed by atoms with van der Waals surface area (Å²) < 4.78 is 13.9. The number of benzene rings is 1. The lowest BCUT2D eigenvalue weighted by Crippen LogP contribution is -2.44. The third-order valence-corrected chi connectivity index (χ3v) is 3.26. The second kappa shape index (κ2) is 6.03. The molecular formula is C15H19FN2O2. The molecule has 0 saturated carbocycles. The van der Waals surface area contributed by atoms with E-state index in [9.17, 15) is 14.0 Å². The maximum absolute atomic E-state index is 13.9. The number of hydrogen-bond donors (Lipinski definition) is 1. The highest BCUT2D eigenvalue weighted by Crippen LogP contribution is 2.30. The summed E-state index contributed by atoms with van der Waals surface area (Å²) in [6.07, 6.45) is 0.837. The first kappa shape index (κ1) is 14.5. The Labute approximate surface area is 118 Å². The van der Waals surface area contributed by atoms with Crippen molar-refractivity contribution in [3.8, 4) is 0 Å². The molecule has 1 aromatic rings. The van der Waals surface area contributed by atoms with E-state index < -0.39 is 5.82 Å². The first-order valence-corrected chi connectivity index (χ1v) is 6.83. The fraction of sp³-hybridized carbons (Fsp3) is 0.467. The van der Waals surface area contributed by atoms with Crippen LogP contribution in [0.25, 0.3) is 0 Å². The van der Waals surface area contributed by atoms with E-state index in [2.05, 4.69) is 5.32 Å². The number of amides is 2. The van der Waals surface area contributed by atoms with Crippen molar-refractivity contribution in [3.05, 3.63) is 29.6 Å². The molecule has 0 atom stereocenters. The Hall–Kier alpha value is -1.91. The van der Waals surface area contributed by atoms with Crippen molar-refractivity contribution in [2.24, 2.45) is 5.92 Å². The molecule has 1 aliphatic heterocycles. The van der Waals surface area contributed by atoms with Gasteiger partial charge in [0.15, 0.2) is 0 Å². The lowest BCUT2D eigenvalue weighted by molar-refractivity contribution is -0.124. The Morgan fingerprint density at radius 2 is 2.15 bits per heavy atom. The van der Waals surface area contributed by atoms with Gasteiger partial charge >= 0.3 is 0 Å². The number of fused-ring (bicyclic) bond motifs is 1. The van der Waals surface area contributed by atoms with Gasteiger partial charge in [-0.15, -0.1) is 0 Å². The summed E-state index contributed by atoms with van der Waals surface area (Å²) in [5, 5.41) is 2.74. The maximum Gasteiger partial charge on any atom is 0.240 e. The summed E-state index contributed by atoms with van der Waals surface area (Å²) in [6.45, 7) is 4.40. The Morgan fingerprint density at radius 1 is 1.40 bits per heavy atom. The first-order valence-electron chi connectivity index (χ1n) is 6.83. The van der Waals surface area contributed by atoms with Crippen molar-refractivity contribution in [3.63, 3.8) is 0 Å². The number of halogens is 1. The molecule has 20 heavy (non-hydrogen) atoms. The third kappa shape index (κ3) is 3.15. The van der Waals surface area contributed by atoms with Crippen LogP contribution in [0.2, 0.25) is 0 Å². The quantitative estimate of drug-likeness (QED) is 0.914. The molecule has 5 heteroatoms. The van der Waals surface area contributed by atoms with E-state index in [0.717, 1.165) is 5.56 Å². The molecule has 0 aliphatic carbocycles. The topological polar surface area (TPSA) is 49.4 Å². The standard InChI is InChI=1S/C15H19FN2O2/c1-10(2)8-17-13(19)9-18-14(20)7-6-11-4-3-5-12(16)15(11)18/h3-5,10H,6-9H2,1-2H3,(H,17,19). The van der Waals surface area contributed by atoms with Gasteiger partial charge in [-0.1, -0.05) is 26.0 Å². The van der Waals surface area contributed by atoms with Crippen LogP contribution in [0.1, 0.15) is 25.8 Å². The van der Waals surface area contributed by atoms with Crippen molar-refractivity contribution in [2.75, 3.05) is 18.0 Å². The van der Waals surface area contributed by atoms with E-state index in [1.54, 1.807) is 12.1 Å². The van der Waals surface area contributed by atoms with Crippen molar-refractivity contribution in [1.29, 1.82) is 0 Å². The number of aryl methyl sites for hydroxylation is 1. The van der Waals surface area contributed by atoms with Crippen molar-refractivity contribution >= 4 is 17.5 Å². The number of para-hydroxylation sites is 1. The minimum Gasteiger partial charge on any atom is -0.354 e. The molecule has 0 unspecified atom stereocenters. The molecule has 0 fully saturated rings. The molecule has 0 radical (unpaired) electrons. The van der Waals surface area contributed by atoms with Crippen LogP contribution < -0.4 is 10.2 Å². The molecule has 4 nitrogen and oxygen atoms in total. The number of nitrogens with one attached hydrogen (secondary N) is 1. The molecule has 0 saturated heterocycles. The van der Waals surface area contributed by atoms with Gasteiger partial charge < -0.3 is 5.32 Å². The molecule has 1 aliphatic rings. The molecule has 0 spiro atoms. The fourth-order valence-corrected chi connectivity index (χ4v) is 2.25. The highest BCUT2D eigenvalue weighted by molar-refractivity contribution is 6.01. The summed E-state index contributed by atoms with van der Waals surface area (Å²) in [5.74, 6) is -0.585. The van der Waals surface area contributed by atoms with Gasteiger partial charge in [0.1, 0.15) is 12.4 Å². The van der Waals surface area contributed by atoms with Crippen molar-refractivity contribution < 1.29 is 14.0 Å². The minimum absolute atomic E-state index is 0.126. The van der Waals surface area contributed by atoms with E-state index in [-0.39, 0.29) is 24.0 Å². The molecule has 108 valence electrons. The van der Waals surface area contributed by atoms with Gasteiger partial charge in [-0.2, -0.15) is 0 Å². The highest BCUT2D eigenvalue weighted by Gasteiger charge is 2.28. The van der Waals surface area contributed by atoms with Crippen LogP contribution >= 0.6 is 0 Å². The second-order valence-corrected chi connectivity index (χ2v) is 5.43. The Kier molecular flexibility index (Phi) is 4.37. The van der Waals surface area contributed by atoms with Gasteiger partial charge in [-0.25, -0.2) is 4.39 Å². The van der Waals surface area contributed by atoms with Crippen LogP contribution in [0.5, 0.6) is 0 Å². The summed E-state index contributed by atoms with van der Waals surface area (Å²) in [6, 6.07) is 4.74. The Morgan fingerprint density at radius 3 is 2.85 bits per heavy atom. The molecule has 0 bridgehead atoms. The van der Waals surface area contributed by atoms with Crippen LogP contribution in [0.4, 0.5) is 10.1 Å². The molecule has 2 amide bonds. The zero-order valence-electron chi connectivity index (χ0n) is 11.8. The van der Waals surface area contributed by atoms with E-state index in [4.69, 9.17) is 0 Å². The summed E-state index contributed by atoms with van der Waals surface area (Å²) in [7, 11) is 0. The van der Waals surface area contributed by atoms with Gasteiger partial charge in [0.05, 0.1) is 5.69 Å². The lowest BCUT2D eigenvalue weighted by Gasteiger charge is -2.29. The molecule has 1 aromatic carbocycles. The molecular weight excluding hydrogens is 259 g/mol. The average Bonchev–Trinajstić information content (AvgIpc) is 2.40. The SMILES string of the molecule is CC(C)CNC(=O)CN1C(=O)CCc2cccc(F)c21. The van der Waals surface area contributed by atoms with E-state index in [1.165, 1.54) is 11.0 Å². The van der Waals surface area contributed by atoms with Crippen LogP contribution in [-0.4, -0.2) is 24.9 Å². The second-order valence-electron chi connectivity index (χ2n) is 5.43. The van der Waals surface area contributed by atoms with Crippen LogP contribution in [0, 0.1) is 11.7 Å². The van der Waals surface area contributed by atoms with Crippen LogP contribution in [0.15, 0.2) is 18.2 Å². The largest absolute Gasteiger partial charge is 0.354 e. The highest BCUT2D eigenvalue weighted by atomic mass is 19.1. The molecule has 1 N–H and O–H groups in total. The zero-order chi connectivity index (χ0) is 14.7. The third-order valence-electron chi connectivity index (χ3n) is 3.26. The summed E-state index contributed by atoms with van der Waals surface area (Å²) in [4.78, 5) is 25.1. The molecule has 2 rings (SSSR count). The monoisotopic (exact) mass is 278 g/mol. The number of anilines is 1. The normalized spacial score (nSPS) is 14.4. The number of carbonyl (C=O) groups excluding carboxylic acids is 2. The Balaban J connectivity index is 2.15. The van der Waals surface area contributed by atoms with Crippen molar-refractivity contribution in [2.45, 2.75) is 26.7 Å². The predicted octanol–water partition coefficient (Wildman–Crippen LogP) is 1.88. The number of hydrogen-bond acceptors (Lipinski definition) is 2. The fourth-order valence-electron chi connectivity index (χ4n) is 2.25. The minimum atomic E-state index is -0.452. The first-order chi connectivity index (χ1) is 9.49. The lowest BCUT2D eigenvalue weighted by atomic mass is 10.0. The van der Waals surface area contributed by atoms with Gasteiger partial charge in [0, 0.05) is 13.0 Å². The van der Waals surface area contributed by atoms with Gasteiger partial charge in [0.25, 0.3) is 0 Å². The average molecular weight is 278 g/mol. The molecule has 0 aromatic heterocycles. The number of nitrogens with zero attached hydrogens (tertiary/aromatic N) is 1.